The van der Waals surface area contributed by atoms with Crippen LogP contribution in [0.5, 0.6) is 0 Å². The standard InChI is InChI=1S/C8H19NO2.Ca.2H/c1-2-3-4-9(5-7-10)6-8-11;;;/h10-11H,2-8H2,1H3;;;/q;+2;2*-1. The number of rotatable bonds is 7. The van der Waals surface area contributed by atoms with Gasteiger partial charge in [-0.25, -0.2) is 0 Å². The van der Waals surface area contributed by atoms with Crippen molar-refractivity contribution in [2.45, 2.75) is 19.8 Å². The molecule has 0 radical (unpaired) electrons. The maximum absolute atomic E-state index is 8.64. The first-order chi connectivity index (χ1) is 5.35. The number of unbranched alkanes of at least 4 members (excludes halogenated alkanes) is 1. The minimum absolute atomic E-state index is 0. The van der Waals surface area contributed by atoms with Gasteiger partial charge in [-0.3, -0.25) is 4.90 Å². The van der Waals surface area contributed by atoms with Crippen LogP contribution < -0.4 is 0 Å². The van der Waals surface area contributed by atoms with Gasteiger partial charge in [-0.15, -0.1) is 0 Å². The van der Waals surface area contributed by atoms with Crippen molar-refractivity contribution in [1.82, 2.24) is 4.90 Å². The summed E-state index contributed by atoms with van der Waals surface area (Å²) in [6.45, 7) is 4.85. The van der Waals surface area contributed by atoms with Crippen LogP contribution in [0.2, 0.25) is 0 Å². The minimum Gasteiger partial charge on any atom is -1.00 e. The molecule has 3 nitrogen and oxygen atoms in total. The van der Waals surface area contributed by atoms with Crippen molar-refractivity contribution in [2.75, 3.05) is 32.8 Å². The second kappa shape index (κ2) is 12.1. The fourth-order valence-corrected chi connectivity index (χ4v) is 1.000. The Labute approximate surface area is 108 Å². The van der Waals surface area contributed by atoms with Gasteiger partial charge < -0.3 is 13.1 Å². The van der Waals surface area contributed by atoms with E-state index in [0.29, 0.717) is 13.1 Å². The molecule has 4 heteroatoms. The van der Waals surface area contributed by atoms with Gasteiger partial charge >= 0.3 is 37.7 Å². The predicted molar refractivity (Wildman–Crippen MR) is 53.5 cm³/mol. The van der Waals surface area contributed by atoms with E-state index < -0.39 is 0 Å². The first-order valence-electron chi connectivity index (χ1n) is 4.29. The molecule has 2 N–H and O–H groups in total. The van der Waals surface area contributed by atoms with Gasteiger partial charge in [-0.2, -0.15) is 0 Å². The molecule has 0 aliphatic heterocycles. The van der Waals surface area contributed by atoms with E-state index in [2.05, 4.69) is 11.8 Å². The third-order valence-electron chi connectivity index (χ3n) is 1.66. The Morgan fingerprint density at radius 3 is 1.92 bits per heavy atom. The van der Waals surface area contributed by atoms with Gasteiger partial charge in [-0.05, 0) is 13.0 Å². The van der Waals surface area contributed by atoms with Crippen molar-refractivity contribution in [3.05, 3.63) is 0 Å². The Morgan fingerprint density at radius 1 is 1.08 bits per heavy atom. The van der Waals surface area contributed by atoms with Gasteiger partial charge in [0, 0.05) is 13.1 Å². The maximum Gasteiger partial charge on any atom is 2.00 e. The summed E-state index contributed by atoms with van der Waals surface area (Å²) in [6.07, 6.45) is 2.30. The zero-order valence-corrected chi connectivity index (χ0v) is 10.2. The molecule has 0 heterocycles. The van der Waals surface area contributed by atoms with E-state index in [0.717, 1.165) is 19.4 Å². The van der Waals surface area contributed by atoms with Crippen molar-refractivity contribution in [3.63, 3.8) is 0 Å². The molecule has 0 fully saturated rings. The molecule has 0 aliphatic rings. The normalized spacial score (nSPS) is 10.0. The fraction of sp³-hybridized carbons (Fsp3) is 1.00. The minimum atomic E-state index is 0. The van der Waals surface area contributed by atoms with Crippen LogP contribution in [0.3, 0.4) is 0 Å². The van der Waals surface area contributed by atoms with E-state index in [1.807, 2.05) is 0 Å². The third-order valence-corrected chi connectivity index (χ3v) is 1.66. The monoisotopic (exact) mass is 203 g/mol. The molecule has 0 aromatic heterocycles. The molecule has 0 amide bonds. The van der Waals surface area contributed by atoms with Gasteiger partial charge in [0.05, 0.1) is 13.2 Å². The SMILES string of the molecule is CCCCN(CCO)CCO.[Ca+2].[H-].[H-]. The molecule has 12 heavy (non-hydrogen) atoms. The smallest absolute Gasteiger partial charge is 1.00 e. The summed E-state index contributed by atoms with van der Waals surface area (Å²) in [7, 11) is 0. The topological polar surface area (TPSA) is 43.7 Å². The summed E-state index contributed by atoms with van der Waals surface area (Å²) in [5, 5.41) is 17.3. The summed E-state index contributed by atoms with van der Waals surface area (Å²) in [5.74, 6) is 0. The average Bonchev–Trinajstić information content (AvgIpc) is 2.01. The van der Waals surface area contributed by atoms with Crippen LogP contribution in [0.15, 0.2) is 0 Å². The van der Waals surface area contributed by atoms with Gasteiger partial charge in [0.15, 0.2) is 0 Å². The van der Waals surface area contributed by atoms with Crippen molar-refractivity contribution >= 4 is 37.7 Å². The van der Waals surface area contributed by atoms with E-state index in [-0.39, 0.29) is 53.8 Å². The van der Waals surface area contributed by atoms with Crippen molar-refractivity contribution in [3.8, 4) is 0 Å². The van der Waals surface area contributed by atoms with Crippen LogP contribution in [0.4, 0.5) is 0 Å². The summed E-state index contributed by atoms with van der Waals surface area (Å²) in [6, 6.07) is 0. The second-order valence-corrected chi connectivity index (χ2v) is 2.64. The molecule has 72 valence electrons. The molecule has 0 spiro atoms. The first-order valence-corrected chi connectivity index (χ1v) is 4.29. The quantitative estimate of drug-likeness (QED) is 0.569. The molecule has 0 aliphatic carbocycles. The summed E-state index contributed by atoms with van der Waals surface area (Å²) in [5.41, 5.74) is 0. The molecule has 0 atom stereocenters. The van der Waals surface area contributed by atoms with Gasteiger partial charge in [0.1, 0.15) is 0 Å². The Bertz CT molecular complexity index is 85.7. The Balaban J connectivity index is -0.000000167. The van der Waals surface area contributed by atoms with Crippen LogP contribution in [-0.2, 0) is 0 Å². The average molecular weight is 203 g/mol. The van der Waals surface area contributed by atoms with Gasteiger partial charge in [-0.1, -0.05) is 13.3 Å². The largest absolute Gasteiger partial charge is 2.00 e. The Morgan fingerprint density at radius 2 is 1.58 bits per heavy atom. The van der Waals surface area contributed by atoms with E-state index in [1.165, 1.54) is 0 Å². The van der Waals surface area contributed by atoms with Crippen LogP contribution in [0, 0.1) is 0 Å². The molecular weight excluding hydrogens is 182 g/mol. The van der Waals surface area contributed by atoms with Gasteiger partial charge in [0.2, 0.25) is 0 Å². The number of hydrogen-bond donors (Lipinski definition) is 2. The maximum atomic E-state index is 8.64. The number of nitrogens with zero attached hydrogens (tertiary/aromatic N) is 1. The first kappa shape index (κ1) is 15.6. The van der Waals surface area contributed by atoms with Crippen LogP contribution >= 0.6 is 0 Å². The molecule has 0 aromatic carbocycles. The molecule has 0 saturated carbocycles. The summed E-state index contributed by atoms with van der Waals surface area (Å²) < 4.78 is 0. The molecule has 0 saturated heterocycles. The number of aliphatic hydroxyl groups excluding tert-OH is 2. The molecule has 0 rings (SSSR count). The number of hydrogen-bond acceptors (Lipinski definition) is 3. The van der Waals surface area contributed by atoms with Crippen LogP contribution in [-0.4, -0.2) is 85.7 Å². The van der Waals surface area contributed by atoms with E-state index in [9.17, 15) is 0 Å². The summed E-state index contributed by atoms with van der Waals surface area (Å²) in [4.78, 5) is 2.07. The summed E-state index contributed by atoms with van der Waals surface area (Å²) >= 11 is 0. The molecular formula is C8H21CaNO2. The molecule has 0 bridgehead atoms. The zero-order valence-electron chi connectivity index (χ0n) is 10.00. The number of aliphatic hydroxyl groups is 2. The third kappa shape index (κ3) is 9.23. The van der Waals surface area contributed by atoms with Gasteiger partial charge in [0.25, 0.3) is 0 Å². The molecule has 0 aromatic rings. The molecule has 0 unspecified atom stereocenters. The van der Waals surface area contributed by atoms with Crippen molar-refractivity contribution in [2.24, 2.45) is 0 Å². The van der Waals surface area contributed by atoms with Crippen molar-refractivity contribution in [1.29, 1.82) is 0 Å². The van der Waals surface area contributed by atoms with Crippen LogP contribution in [0.1, 0.15) is 22.6 Å². The van der Waals surface area contributed by atoms with E-state index >= 15 is 0 Å². The Kier molecular flexibility index (Phi) is 15.8. The fourth-order valence-electron chi connectivity index (χ4n) is 1.000. The second-order valence-electron chi connectivity index (χ2n) is 2.64. The van der Waals surface area contributed by atoms with E-state index in [1.54, 1.807) is 0 Å². The van der Waals surface area contributed by atoms with Crippen LogP contribution in [0.25, 0.3) is 0 Å². The van der Waals surface area contributed by atoms with E-state index in [4.69, 9.17) is 10.2 Å². The Hall–Kier alpha value is 1.14. The van der Waals surface area contributed by atoms with Crippen molar-refractivity contribution < 1.29 is 13.1 Å². The zero-order chi connectivity index (χ0) is 8.53. The predicted octanol–water partition coefficient (Wildman–Crippen LogP) is -0.0827.